The molecule has 0 saturated heterocycles. The van der Waals surface area contributed by atoms with E-state index in [1.165, 1.54) is 0 Å². The summed E-state index contributed by atoms with van der Waals surface area (Å²) in [4.78, 5) is 12.6. The Labute approximate surface area is 153 Å². The Balaban J connectivity index is 1.88. The Morgan fingerprint density at radius 2 is 1.81 bits per heavy atom. The van der Waals surface area contributed by atoms with Crippen LogP contribution in [0.1, 0.15) is 27.9 Å². The number of benzene rings is 2. The second kappa shape index (κ2) is 7.58. The third-order valence-electron chi connectivity index (χ3n) is 4.18. The largest absolute Gasteiger partial charge is 0.349 e. The first kappa shape index (κ1) is 17.9. The predicted molar refractivity (Wildman–Crippen MR) is 104 cm³/mol. The Hall–Kier alpha value is -2.86. The average molecular weight is 368 g/mol. The molecule has 2 aromatic carbocycles. The summed E-state index contributed by atoms with van der Waals surface area (Å²) in [6.45, 7) is 3.86. The number of hydrogen-bond donors (Lipinski definition) is 2. The highest BCUT2D eigenvalue weighted by Gasteiger charge is 2.23. The molecule has 0 aromatic heterocycles. The number of sulfonamides is 1. The maximum atomic E-state index is 12.8. The van der Waals surface area contributed by atoms with Crippen molar-refractivity contribution in [1.29, 1.82) is 0 Å². The van der Waals surface area contributed by atoms with Crippen molar-refractivity contribution >= 4 is 27.7 Å². The van der Waals surface area contributed by atoms with Gasteiger partial charge in [0, 0.05) is 6.54 Å². The number of rotatable bonds is 6. The standard InChI is InChI=1S/C20H20N2O3S/c1-2-13-21-20(23)18-9-5-6-10-19(18)22-26(24,25)17-12-11-15-7-3-4-8-16(15)14-17/h2-10,14,22H,1,11-13H2,(H,21,23). The van der Waals surface area contributed by atoms with Crippen LogP contribution >= 0.6 is 0 Å². The van der Waals surface area contributed by atoms with Crippen LogP contribution in [0.5, 0.6) is 0 Å². The van der Waals surface area contributed by atoms with Crippen LogP contribution in [0.25, 0.3) is 6.08 Å². The van der Waals surface area contributed by atoms with Crippen molar-refractivity contribution in [3.8, 4) is 0 Å². The van der Waals surface area contributed by atoms with Crippen molar-refractivity contribution in [2.24, 2.45) is 0 Å². The molecule has 0 radical (unpaired) electrons. The molecule has 0 saturated carbocycles. The van der Waals surface area contributed by atoms with Crippen molar-refractivity contribution in [3.63, 3.8) is 0 Å². The first-order valence-electron chi connectivity index (χ1n) is 8.30. The fourth-order valence-electron chi connectivity index (χ4n) is 2.86. The van der Waals surface area contributed by atoms with E-state index in [1.807, 2.05) is 24.3 Å². The molecule has 0 aliphatic heterocycles. The molecule has 1 aliphatic rings. The summed E-state index contributed by atoms with van der Waals surface area (Å²) >= 11 is 0. The van der Waals surface area contributed by atoms with Crippen molar-refractivity contribution < 1.29 is 13.2 Å². The lowest BCUT2D eigenvalue weighted by atomic mass is 9.98. The van der Waals surface area contributed by atoms with Gasteiger partial charge in [0.1, 0.15) is 0 Å². The zero-order chi connectivity index (χ0) is 18.6. The third-order valence-corrected chi connectivity index (χ3v) is 5.68. The molecular weight excluding hydrogens is 348 g/mol. The second-order valence-electron chi connectivity index (χ2n) is 5.96. The van der Waals surface area contributed by atoms with Crippen LogP contribution in [-0.4, -0.2) is 20.9 Å². The number of nitrogens with one attached hydrogen (secondary N) is 2. The van der Waals surface area contributed by atoms with Gasteiger partial charge < -0.3 is 5.32 Å². The quantitative estimate of drug-likeness (QED) is 0.768. The number of anilines is 1. The highest BCUT2D eigenvalue weighted by atomic mass is 32.2. The summed E-state index contributed by atoms with van der Waals surface area (Å²) in [6.07, 6.45) is 4.36. The molecule has 0 fully saturated rings. The van der Waals surface area contributed by atoms with Gasteiger partial charge in [0.25, 0.3) is 15.9 Å². The smallest absolute Gasteiger partial charge is 0.258 e. The number of allylic oxidation sites excluding steroid dienone is 1. The van der Waals surface area contributed by atoms with Crippen molar-refractivity contribution in [2.45, 2.75) is 12.8 Å². The maximum absolute atomic E-state index is 12.8. The number of carbonyl (C=O) groups is 1. The molecule has 0 bridgehead atoms. The normalized spacial score (nSPS) is 13.3. The molecule has 1 aliphatic carbocycles. The van der Waals surface area contributed by atoms with E-state index in [2.05, 4.69) is 16.6 Å². The van der Waals surface area contributed by atoms with Crippen LogP contribution in [-0.2, 0) is 16.4 Å². The lowest BCUT2D eigenvalue weighted by Gasteiger charge is -2.18. The molecule has 3 rings (SSSR count). The zero-order valence-electron chi connectivity index (χ0n) is 14.2. The summed E-state index contributed by atoms with van der Waals surface area (Å²) in [7, 11) is -3.74. The van der Waals surface area contributed by atoms with E-state index in [9.17, 15) is 13.2 Å². The van der Waals surface area contributed by atoms with Gasteiger partial charge in [0.2, 0.25) is 0 Å². The van der Waals surface area contributed by atoms with Crippen molar-refractivity contribution in [1.82, 2.24) is 5.32 Å². The summed E-state index contributed by atoms with van der Waals surface area (Å²) in [5, 5.41) is 2.66. The number of para-hydroxylation sites is 1. The van der Waals surface area contributed by atoms with Crippen LogP contribution in [0.2, 0.25) is 0 Å². The minimum Gasteiger partial charge on any atom is -0.349 e. The first-order chi connectivity index (χ1) is 12.5. The van der Waals surface area contributed by atoms with Crippen LogP contribution in [0.4, 0.5) is 5.69 Å². The first-order valence-corrected chi connectivity index (χ1v) is 9.79. The van der Waals surface area contributed by atoms with Crippen molar-refractivity contribution in [3.05, 3.63) is 82.8 Å². The molecule has 1 amide bonds. The van der Waals surface area contributed by atoms with E-state index in [0.717, 1.165) is 11.1 Å². The van der Waals surface area contributed by atoms with Gasteiger partial charge >= 0.3 is 0 Å². The summed E-state index contributed by atoms with van der Waals surface area (Å²) in [5.74, 6) is -0.355. The molecule has 2 aromatic rings. The van der Waals surface area contributed by atoms with Crippen LogP contribution < -0.4 is 10.0 Å². The van der Waals surface area contributed by atoms with Crippen molar-refractivity contribution in [2.75, 3.05) is 11.3 Å². The van der Waals surface area contributed by atoms with E-state index in [1.54, 1.807) is 36.4 Å². The molecule has 6 heteroatoms. The number of fused-ring (bicyclic) bond motifs is 1. The SMILES string of the molecule is C=CCNC(=O)c1ccccc1NS(=O)(=O)C1=Cc2ccccc2CC1. The number of carbonyl (C=O) groups excluding carboxylic acids is 1. The molecule has 134 valence electrons. The van der Waals surface area contributed by atoms with E-state index < -0.39 is 10.0 Å². The van der Waals surface area contributed by atoms with E-state index in [-0.39, 0.29) is 17.2 Å². The Morgan fingerprint density at radius 3 is 2.62 bits per heavy atom. The summed E-state index contributed by atoms with van der Waals surface area (Å²) in [6, 6.07) is 14.3. The Bertz CT molecular complexity index is 978. The molecule has 0 unspecified atom stereocenters. The van der Waals surface area contributed by atoms with Crippen LogP contribution in [0.3, 0.4) is 0 Å². The molecular formula is C20H20N2O3S. The van der Waals surface area contributed by atoms with Gasteiger partial charge in [-0.3, -0.25) is 9.52 Å². The second-order valence-corrected chi connectivity index (χ2v) is 7.69. The molecule has 0 atom stereocenters. The van der Waals surface area contributed by atoms with Gasteiger partial charge in [-0.25, -0.2) is 8.42 Å². The fourth-order valence-corrected chi connectivity index (χ4v) is 4.11. The third kappa shape index (κ3) is 3.86. The fraction of sp³-hybridized carbons (Fsp3) is 0.150. The minimum absolute atomic E-state index is 0.258. The van der Waals surface area contributed by atoms with Crippen LogP contribution in [0.15, 0.2) is 66.1 Å². The zero-order valence-corrected chi connectivity index (χ0v) is 15.1. The Kier molecular flexibility index (Phi) is 5.23. The number of amides is 1. The summed E-state index contributed by atoms with van der Waals surface area (Å²) < 4.78 is 28.2. The molecule has 0 spiro atoms. The van der Waals surface area contributed by atoms with Gasteiger partial charge in [-0.1, -0.05) is 42.5 Å². The number of hydrogen-bond acceptors (Lipinski definition) is 3. The Morgan fingerprint density at radius 1 is 1.08 bits per heavy atom. The maximum Gasteiger partial charge on any atom is 0.258 e. The van der Waals surface area contributed by atoms with E-state index in [4.69, 9.17) is 0 Å². The van der Waals surface area contributed by atoms with Gasteiger partial charge in [-0.2, -0.15) is 0 Å². The lowest BCUT2D eigenvalue weighted by molar-refractivity contribution is 0.0959. The highest BCUT2D eigenvalue weighted by Crippen LogP contribution is 2.28. The summed E-state index contributed by atoms with van der Waals surface area (Å²) in [5.41, 5.74) is 2.58. The molecule has 5 nitrogen and oxygen atoms in total. The van der Waals surface area contributed by atoms with Gasteiger partial charge in [0.15, 0.2) is 0 Å². The average Bonchev–Trinajstić information content (AvgIpc) is 2.66. The van der Waals surface area contributed by atoms with E-state index in [0.29, 0.717) is 24.3 Å². The highest BCUT2D eigenvalue weighted by molar-refractivity contribution is 7.96. The van der Waals surface area contributed by atoms with Gasteiger partial charge in [-0.15, -0.1) is 6.58 Å². The monoisotopic (exact) mass is 368 g/mol. The number of aryl methyl sites for hydroxylation is 1. The predicted octanol–water partition coefficient (Wildman–Crippen LogP) is 3.33. The topological polar surface area (TPSA) is 75.3 Å². The van der Waals surface area contributed by atoms with Crippen LogP contribution in [0, 0.1) is 0 Å². The molecule has 26 heavy (non-hydrogen) atoms. The van der Waals surface area contributed by atoms with Gasteiger partial charge in [0.05, 0.1) is 16.2 Å². The molecule has 2 N–H and O–H groups in total. The lowest BCUT2D eigenvalue weighted by Crippen LogP contribution is -2.25. The van der Waals surface area contributed by atoms with E-state index >= 15 is 0 Å². The van der Waals surface area contributed by atoms with Gasteiger partial charge in [-0.05, 0) is 42.2 Å². The minimum atomic E-state index is -3.74. The molecule has 0 heterocycles.